The van der Waals surface area contributed by atoms with Crippen molar-refractivity contribution in [2.45, 2.75) is 58.7 Å². The molecular formula is C13H24N2O4. The third-order valence-electron chi connectivity index (χ3n) is 3.21. The number of carboxylic acids is 1. The van der Waals surface area contributed by atoms with Crippen molar-refractivity contribution in [2.75, 3.05) is 6.61 Å². The maximum atomic E-state index is 11.9. The van der Waals surface area contributed by atoms with Crippen molar-refractivity contribution in [3.63, 3.8) is 0 Å². The Labute approximate surface area is 113 Å². The predicted octanol–water partition coefficient (Wildman–Crippen LogP) is 1.35. The minimum absolute atomic E-state index is 0.0400. The number of nitrogens with one attached hydrogen (secondary N) is 2. The number of urea groups is 1. The average molecular weight is 272 g/mol. The van der Waals surface area contributed by atoms with Gasteiger partial charge in [-0.25, -0.2) is 9.59 Å². The second-order valence-corrected chi connectivity index (χ2v) is 6.16. The summed E-state index contributed by atoms with van der Waals surface area (Å²) in [6.45, 7) is 7.92. The van der Waals surface area contributed by atoms with E-state index in [9.17, 15) is 9.59 Å². The lowest BCUT2D eigenvalue weighted by molar-refractivity contribution is -0.141. The minimum Gasteiger partial charge on any atom is -0.480 e. The fraction of sp³-hybridized carbons (Fsp3) is 0.846. The molecule has 0 aromatic rings. The number of hydrogen-bond donors (Lipinski definition) is 3. The summed E-state index contributed by atoms with van der Waals surface area (Å²) >= 11 is 0. The van der Waals surface area contributed by atoms with Crippen molar-refractivity contribution in [1.82, 2.24) is 10.6 Å². The number of carbonyl (C=O) groups is 2. The first-order valence-corrected chi connectivity index (χ1v) is 6.61. The lowest BCUT2D eigenvalue weighted by Gasteiger charge is -2.31. The summed E-state index contributed by atoms with van der Waals surface area (Å²) < 4.78 is 5.40. The van der Waals surface area contributed by atoms with Crippen molar-refractivity contribution >= 4 is 12.0 Å². The summed E-state index contributed by atoms with van der Waals surface area (Å²) in [4.78, 5) is 23.0. The smallest absolute Gasteiger partial charge is 0.326 e. The van der Waals surface area contributed by atoms with Crippen LogP contribution in [0.1, 0.15) is 40.5 Å². The van der Waals surface area contributed by atoms with E-state index in [1.54, 1.807) is 20.8 Å². The van der Waals surface area contributed by atoms with Gasteiger partial charge < -0.3 is 20.5 Å². The van der Waals surface area contributed by atoms with Crippen LogP contribution in [0.15, 0.2) is 0 Å². The summed E-state index contributed by atoms with van der Waals surface area (Å²) in [5.41, 5.74) is -0.536. The van der Waals surface area contributed by atoms with E-state index in [0.717, 1.165) is 12.8 Å². The maximum absolute atomic E-state index is 11.9. The maximum Gasteiger partial charge on any atom is 0.326 e. The van der Waals surface area contributed by atoms with E-state index in [4.69, 9.17) is 9.84 Å². The lowest BCUT2D eigenvalue weighted by atomic mass is 9.87. The Kier molecular flexibility index (Phi) is 5.17. The van der Waals surface area contributed by atoms with Gasteiger partial charge in [-0.05, 0) is 25.2 Å². The quantitative estimate of drug-likeness (QED) is 0.723. The first-order valence-electron chi connectivity index (χ1n) is 6.61. The van der Waals surface area contributed by atoms with Gasteiger partial charge in [-0.2, -0.15) is 0 Å². The largest absolute Gasteiger partial charge is 0.480 e. The number of aliphatic carboxylic acids is 1. The van der Waals surface area contributed by atoms with Gasteiger partial charge >= 0.3 is 12.0 Å². The summed E-state index contributed by atoms with van der Waals surface area (Å²) in [5, 5.41) is 14.5. The van der Waals surface area contributed by atoms with Crippen LogP contribution in [0, 0.1) is 5.41 Å². The Morgan fingerprint density at radius 3 is 2.47 bits per heavy atom. The van der Waals surface area contributed by atoms with Crippen LogP contribution < -0.4 is 10.6 Å². The van der Waals surface area contributed by atoms with Crippen LogP contribution in [0.4, 0.5) is 4.79 Å². The first-order chi connectivity index (χ1) is 8.70. The van der Waals surface area contributed by atoms with Gasteiger partial charge in [-0.3, -0.25) is 0 Å². The number of rotatable bonds is 3. The van der Waals surface area contributed by atoms with Gasteiger partial charge in [0.2, 0.25) is 0 Å². The molecule has 0 aromatic heterocycles. The predicted molar refractivity (Wildman–Crippen MR) is 71.0 cm³/mol. The van der Waals surface area contributed by atoms with Gasteiger partial charge in [0.25, 0.3) is 0 Å². The molecule has 1 rings (SSSR count). The molecule has 3 N–H and O–H groups in total. The molecule has 1 heterocycles. The fourth-order valence-electron chi connectivity index (χ4n) is 2.14. The zero-order chi connectivity index (χ0) is 14.6. The SMILES string of the molecule is CC1CC(NC(=O)NC(C(=O)O)C(C)(C)C)CCO1. The molecule has 0 saturated carbocycles. The minimum atomic E-state index is -1.03. The third kappa shape index (κ3) is 5.06. The molecule has 0 aromatic carbocycles. The van der Waals surface area contributed by atoms with Gasteiger partial charge in [0.1, 0.15) is 6.04 Å². The normalized spacial score (nSPS) is 25.5. The Morgan fingerprint density at radius 1 is 1.37 bits per heavy atom. The zero-order valence-electron chi connectivity index (χ0n) is 12.0. The van der Waals surface area contributed by atoms with Crippen molar-refractivity contribution in [3.8, 4) is 0 Å². The van der Waals surface area contributed by atoms with Crippen LogP contribution in [-0.2, 0) is 9.53 Å². The molecule has 2 amide bonds. The van der Waals surface area contributed by atoms with Gasteiger partial charge in [0, 0.05) is 12.6 Å². The van der Waals surface area contributed by atoms with Crippen molar-refractivity contribution in [1.29, 1.82) is 0 Å². The molecule has 6 nitrogen and oxygen atoms in total. The number of carboxylic acid groups (broad SMARTS) is 1. The van der Waals surface area contributed by atoms with Crippen LogP contribution >= 0.6 is 0 Å². The van der Waals surface area contributed by atoms with Crippen LogP contribution in [0.25, 0.3) is 0 Å². The standard InChI is InChI=1S/C13H24N2O4/c1-8-7-9(5-6-19-8)14-12(18)15-10(11(16)17)13(2,3)4/h8-10H,5-7H2,1-4H3,(H,16,17)(H2,14,15,18). The van der Waals surface area contributed by atoms with Crippen molar-refractivity contribution in [3.05, 3.63) is 0 Å². The van der Waals surface area contributed by atoms with Crippen LogP contribution in [0.3, 0.4) is 0 Å². The monoisotopic (exact) mass is 272 g/mol. The number of ether oxygens (including phenoxy) is 1. The van der Waals surface area contributed by atoms with Crippen LogP contribution in [0.5, 0.6) is 0 Å². The molecule has 1 aliphatic heterocycles. The van der Waals surface area contributed by atoms with E-state index in [2.05, 4.69) is 10.6 Å². The molecule has 0 spiro atoms. The molecular weight excluding hydrogens is 248 g/mol. The average Bonchev–Trinajstić information content (AvgIpc) is 2.24. The van der Waals surface area contributed by atoms with E-state index in [-0.39, 0.29) is 12.1 Å². The third-order valence-corrected chi connectivity index (χ3v) is 3.21. The summed E-state index contributed by atoms with van der Waals surface area (Å²) in [5.74, 6) is -1.03. The highest BCUT2D eigenvalue weighted by Gasteiger charge is 2.33. The summed E-state index contributed by atoms with van der Waals surface area (Å²) in [7, 11) is 0. The molecule has 0 bridgehead atoms. The Balaban J connectivity index is 2.51. The lowest BCUT2D eigenvalue weighted by Crippen LogP contribution is -2.54. The number of carbonyl (C=O) groups excluding carboxylic acids is 1. The van der Waals surface area contributed by atoms with E-state index in [1.165, 1.54) is 0 Å². The molecule has 3 atom stereocenters. The van der Waals surface area contributed by atoms with E-state index < -0.39 is 23.5 Å². The first kappa shape index (κ1) is 15.8. The number of hydrogen-bond acceptors (Lipinski definition) is 3. The summed E-state index contributed by atoms with van der Waals surface area (Å²) in [6.07, 6.45) is 1.63. The fourth-order valence-corrected chi connectivity index (χ4v) is 2.14. The second-order valence-electron chi connectivity index (χ2n) is 6.16. The second kappa shape index (κ2) is 6.23. The molecule has 1 fully saturated rings. The van der Waals surface area contributed by atoms with Crippen molar-refractivity contribution < 1.29 is 19.4 Å². The molecule has 3 unspecified atom stereocenters. The highest BCUT2D eigenvalue weighted by atomic mass is 16.5. The van der Waals surface area contributed by atoms with Gasteiger partial charge in [0.05, 0.1) is 6.10 Å². The van der Waals surface area contributed by atoms with Gasteiger partial charge in [-0.1, -0.05) is 20.8 Å². The number of amides is 2. The molecule has 1 aliphatic rings. The topological polar surface area (TPSA) is 87.7 Å². The van der Waals surface area contributed by atoms with Gasteiger partial charge in [0.15, 0.2) is 0 Å². The highest BCUT2D eigenvalue weighted by Crippen LogP contribution is 2.19. The van der Waals surface area contributed by atoms with Crippen LogP contribution in [-0.4, -0.2) is 41.9 Å². The Hall–Kier alpha value is -1.30. The Morgan fingerprint density at radius 2 is 2.00 bits per heavy atom. The molecule has 110 valence electrons. The molecule has 6 heteroatoms. The molecule has 19 heavy (non-hydrogen) atoms. The van der Waals surface area contributed by atoms with E-state index >= 15 is 0 Å². The van der Waals surface area contributed by atoms with E-state index in [1.807, 2.05) is 6.92 Å². The Bertz CT molecular complexity index is 338. The van der Waals surface area contributed by atoms with Crippen molar-refractivity contribution in [2.24, 2.45) is 5.41 Å². The van der Waals surface area contributed by atoms with E-state index in [0.29, 0.717) is 6.61 Å². The van der Waals surface area contributed by atoms with Gasteiger partial charge in [-0.15, -0.1) is 0 Å². The molecule has 0 aliphatic carbocycles. The molecule has 0 radical (unpaired) electrons. The highest BCUT2D eigenvalue weighted by molar-refractivity contribution is 5.83. The summed E-state index contributed by atoms with van der Waals surface area (Å²) in [6, 6.07) is -1.30. The van der Waals surface area contributed by atoms with Crippen LogP contribution in [0.2, 0.25) is 0 Å². The zero-order valence-corrected chi connectivity index (χ0v) is 12.0. The molecule has 1 saturated heterocycles.